The molecule has 0 amide bonds. The van der Waals surface area contributed by atoms with Gasteiger partial charge in [-0.05, 0) is 50.6 Å². The number of likely N-dealkylation sites (tertiary alicyclic amines) is 1. The lowest BCUT2D eigenvalue weighted by Crippen LogP contribution is -2.35. The second-order valence-electron chi connectivity index (χ2n) is 6.45. The van der Waals surface area contributed by atoms with E-state index >= 15 is 0 Å². The van der Waals surface area contributed by atoms with Crippen molar-refractivity contribution in [3.8, 4) is 0 Å². The van der Waals surface area contributed by atoms with Crippen LogP contribution in [0.15, 0.2) is 35.0 Å². The van der Waals surface area contributed by atoms with E-state index in [1.54, 1.807) is 12.4 Å². The predicted molar refractivity (Wildman–Crippen MR) is 90.5 cm³/mol. The Morgan fingerprint density at radius 3 is 2.54 bits per heavy atom. The first-order valence-electron chi connectivity index (χ1n) is 8.45. The number of aromatic nitrogens is 4. The molecule has 24 heavy (non-hydrogen) atoms. The highest BCUT2D eigenvalue weighted by Gasteiger charge is 2.27. The maximum Gasteiger partial charge on any atom is 0.219 e. The van der Waals surface area contributed by atoms with Crippen molar-refractivity contribution in [2.45, 2.75) is 38.6 Å². The zero-order valence-electron chi connectivity index (χ0n) is 14.0. The van der Waals surface area contributed by atoms with Crippen molar-refractivity contribution in [1.82, 2.24) is 25.1 Å². The van der Waals surface area contributed by atoms with Gasteiger partial charge in [-0.2, -0.15) is 0 Å². The van der Waals surface area contributed by atoms with Gasteiger partial charge in [0.25, 0.3) is 0 Å². The first-order valence-corrected chi connectivity index (χ1v) is 8.45. The smallest absolute Gasteiger partial charge is 0.219 e. The van der Waals surface area contributed by atoms with Crippen molar-refractivity contribution >= 4 is 11.0 Å². The zero-order chi connectivity index (χ0) is 16.5. The van der Waals surface area contributed by atoms with Gasteiger partial charge in [-0.25, -0.2) is 0 Å². The summed E-state index contributed by atoms with van der Waals surface area (Å²) in [5, 5.41) is 8.13. The van der Waals surface area contributed by atoms with Gasteiger partial charge in [-0.1, -0.05) is 6.07 Å². The van der Waals surface area contributed by atoms with Crippen LogP contribution in [0.4, 0.5) is 0 Å². The van der Waals surface area contributed by atoms with E-state index < -0.39 is 0 Å². The van der Waals surface area contributed by atoms with E-state index in [2.05, 4.69) is 50.2 Å². The largest absolute Gasteiger partial charge is 0.425 e. The van der Waals surface area contributed by atoms with E-state index in [1.807, 2.05) is 6.92 Å². The molecule has 0 saturated carbocycles. The summed E-state index contributed by atoms with van der Waals surface area (Å²) in [5.74, 6) is 1.83. The molecule has 0 spiro atoms. The van der Waals surface area contributed by atoms with E-state index in [0.717, 1.165) is 42.9 Å². The minimum atomic E-state index is 0.363. The molecule has 6 nitrogen and oxygen atoms in total. The van der Waals surface area contributed by atoms with Crippen LogP contribution in [0.5, 0.6) is 0 Å². The lowest BCUT2D eigenvalue weighted by molar-refractivity contribution is 0.154. The molecule has 0 aliphatic carbocycles. The summed E-state index contributed by atoms with van der Waals surface area (Å²) in [6.07, 6.45) is 5.59. The van der Waals surface area contributed by atoms with Gasteiger partial charge in [0, 0.05) is 31.3 Å². The second-order valence-corrected chi connectivity index (χ2v) is 6.45. The molecular formula is C18H21N5O. The summed E-state index contributed by atoms with van der Waals surface area (Å²) < 4.78 is 5.60. The summed E-state index contributed by atoms with van der Waals surface area (Å²) in [6, 6.07) is 6.74. The Kier molecular flexibility index (Phi) is 3.98. The van der Waals surface area contributed by atoms with Crippen molar-refractivity contribution in [1.29, 1.82) is 0 Å². The topological polar surface area (TPSA) is 67.9 Å². The minimum Gasteiger partial charge on any atom is -0.425 e. The van der Waals surface area contributed by atoms with Crippen molar-refractivity contribution in [2.75, 3.05) is 13.1 Å². The van der Waals surface area contributed by atoms with Crippen LogP contribution in [0, 0.1) is 6.92 Å². The van der Waals surface area contributed by atoms with Crippen molar-refractivity contribution < 1.29 is 4.42 Å². The Labute approximate surface area is 140 Å². The third-order valence-corrected chi connectivity index (χ3v) is 4.94. The Hall–Kier alpha value is -2.34. The van der Waals surface area contributed by atoms with Crippen LogP contribution in [-0.4, -0.2) is 38.2 Å². The van der Waals surface area contributed by atoms with Gasteiger partial charge in [-0.15, -0.1) is 10.2 Å². The molecule has 4 rings (SSSR count). The van der Waals surface area contributed by atoms with E-state index in [9.17, 15) is 0 Å². The Morgan fingerprint density at radius 2 is 1.83 bits per heavy atom. The molecule has 1 aliphatic rings. The summed E-state index contributed by atoms with van der Waals surface area (Å²) >= 11 is 0. The molecule has 2 aromatic heterocycles. The lowest BCUT2D eigenvalue weighted by Gasteiger charge is -2.35. The molecule has 3 heterocycles. The molecule has 1 aliphatic heterocycles. The summed E-state index contributed by atoms with van der Waals surface area (Å²) in [5.41, 5.74) is 3.19. The average molecular weight is 323 g/mol. The molecule has 0 bridgehead atoms. The van der Waals surface area contributed by atoms with E-state index in [0.29, 0.717) is 17.9 Å². The maximum atomic E-state index is 5.60. The quantitative estimate of drug-likeness (QED) is 0.737. The van der Waals surface area contributed by atoms with Gasteiger partial charge >= 0.3 is 0 Å². The van der Waals surface area contributed by atoms with Gasteiger partial charge in [-0.3, -0.25) is 14.9 Å². The molecule has 6 heteroatoms. The van der Waals surface area contributed by atoms with Gasteiger partial charge in [0.1, 0.15) is 0 Å². The van der Waals surface area contributed by atoms with Gasteiger partial charge in [0.2, 0.25) is 11.8 Å². The summed E-state index contributed by atoms with van der Waals surface area (Å²) in [4.78, 5) is 11.3. The van der Waals surface area contributed by atoms with Crippen LogP contribution in [0.25, 0.3) is 11.0 Å². The number of hydrogen-bond acceptors (Lipinski definition) is 6. The van der Waals surface area contributed by atoms with Crippen LogP contribution in [0.2, 0.25) is 0 Å². The van der Waals surface area contributed by atoms with Crippen molar-refractivity contribution in [3.63, 3.8) is 0 Å². The van der Waals surface area contributed by atoms with E-state index in [1.165, 1.54) is 5.56 Å². The molecule has 1 aromatic carbocycles. The van der Waals surface area contributed by atoms with Gasteiger partial charge < -0.3 is 4.42 Å². The van der Waals surface area contributed by atoms with Crippen LogP contribution in [0.3, 0.4) is 0 Å². The number of benzene rings is 1. The number of piperidine rings is 1. The Morgan fingerprint density at radius 1 is 1.08 bits per heavy atom. The molecule has 3 aromatic rings. The molecule has 124 valence electrons. The van der Waals surface area contributed by atoms with Crippen molar-refractivity contribution in [3.05, 3.63) is 47.9 Å². The number of hydrogen-bond donors (Lipinski definition) is 0. The molecule has 1 atom stereocenters. The molecule has 1 saturated heterocycles. The molecule has 0 radical (unpaired) electrons. The SMILES string of the molecule is Cc1nnc(C2CCN(C(C)c3ccc4nccnc4c3)CC2)o1. The predicted octanol–water partition coefficient (Wildman–Crippen LogP) is 3.26. The maximum absolute atomic E-state index is 5.60. The number of rotatable bonds is 3. The Bertz CT molecular complexity index is 838. The standard InChI is InChI=1S/C18H21N5O/c1-12(15-3-4-16-17(11-15)20-8-7-19-16)23-9-5-14(6-10-23)18-22-21-13(2)24-18/h3-4,7-8,11-12,14H,5-6,9-10H2,1-2H3. The monoisotopic (exact) mass is 323 g/mol. The molecule has 0 N–H and O–H groups in total. The summed E-state index contributed by atoms with van der Waals surface area (Å²) in [6.45, 7) is 6.17. The number of fused-ring (bicyclic) bond motifs is 1. The van der Waals surface area contributed by atoms with Gasteiger partial charge in [0.15, 0.2) is 0 Å². The van der Waals surface area contributed by atoms with Crippen molar-refractivity contribution in [2.24, 2.45) is 0 Å². The minimum absolute atomic E-state index is 0.363. The highest BCUT2D eigenvalue weighted by Crippen LogP contribution is 2.32. The van der Waals surface area contributed by atoms with Crippen LogP contribution in [0.1, 0.15) is 49.1 Å². The molecule has 1 unspecified atom stereocenters. The first kappa shape index (κ1) is 15.2. The molecule has 1 fully saturated rings. The zero-order valence-corrected chi connectivity index (χ0v) is 14.0. The molecular weight excluding hydrogens is 302 g/mol. The van der Waals surface area contributed by atoms with Gasteiger partial charge in [0.05, 0.1) is 11.0 Å². The van der Waals surface area contributed by atoms with E-state index in [4.69, 9.17) is 4.42 Å². The highest BCUT2D eigenvalue weighted by molar-refractivity contribution is 5.74. The third kappa shape index (κ3) is 2.89. The van der Waals surface area contributed by atoms with Crippen LogP contribution in [-0.2, 0) is 0 Å². The number of aryl methyl sites for hydroxylation is 1. The fraction of sp³-hybridized carbons (Fsp3) is 0.444. The highest BCUT2D eigenvalue weighted by atomic mass is 16.4. The average Bonchev–Trinajstić information content (AvgIpc) is 3.07. The third-order valence-electron chi connectivity index (χ3n) is 4.94. The number of nitrogens with zero attached hydrogens (tertiary/aromatic N) is 5. The normalized spacial score (nSPS) is 18.1. The fourth-order valence-electron chi connectivity index (χ4n) is 3.46. The first-order chi connectivity index (χ1) is 11.7. The van der Waals surface area contributed by atoms with E-state index in [-0.39, 0.29) is 0 Å². The second kappa shape index (κ2) is 6.28. The lowest BCUT2D eigenvalue weighted by atomic mass is 9.94. The Balaban J connectivity index is 1.46. The van der Waals surface area contributed by atoms with Crippen LogP contribution >= 0.6 is 0 Å². The summed E-state index contributed by atoms with van der Waals surface area (Å²) in [7, 11) is 0. The van der Waals surface area contributed by atoms with Crippen LogP contribution < -0.4 is 0 Å². The fourth-order valence-corrected chi connectivity index (χ4v) is 3.46.